The lowest BCUT2D eigenvalue weighted by atomic mass is 10.1. The number of hydrogen-bond acceptors (Lipinski definition) is 1. The van der Waals surface area contributed by atoms with Crippen LogP contribution in [0.2, 0.25) is 0 Å². The van der Waals surface area contributed by atoms with Crippen molar-refractivity contribution in [1.82, 2.24) is 0 Å². The maximum absolute atomic E-state index is 8.70. The summed E-state index contributed by atoms with van der Waals surface area (Å²) in [6.45, 7) is 3.92. The Balaban J connectivity index is 2.72. The quantitative estimate of drug-likeness (QED) is 0.558. The Hall–Kier alpha value is -0.0400. The summed E-state index contributed by atoms with van der Waals surface area (Å²) in [5.41, 5.74) is 0. The summed E-state index contributed by atoms with van der Waals surface area (Å²) >= 11 is 0. The van der Waals surface area contributed by atoms with Crippen LogP contribution in [0, 0.1) is 6.10 Å². The van der Waals surface area contributed by atoms with E-state index in [0.717, 1.165) is 12.8 Å². The SMILES string of the molecule is CCCCC[C](C)O. The van der Waals surface area contributed by atoms with Gasteiger partial charge in [-0.05, 0) is 13.3 Å². The molecule has 0 fully saturated rings. The monoisotopic (exact) mass is 115 g/mol. The van der Waals surface area contributed by atoms with Gasteiger partial charge in [0.15, 0.2) is 0 Å². The van der Waals surface area contributed by atoms with E-state index in [4.69, 9.17) is 5.11 Å². The van der Waals surface area contributed by atoms with Gasteiger partial charge in [0, 0.05) is 0 Å². The molecule has 0 aromatic carbocycles. The Kier molecular flexibility index (Phi) is 5.08. The maximum Gasteiger partial charge on any atom is 0.0902 e. The van der Waals surface area contributed by atoms with Crippen molar-refractivity contribution in [2.45, 2.75) is 39.5 Å². The Morgan fingerprint density at radius 2 is 2.00 bits per heavy atom. The van der Waals surface area contributed by atoms with E-state index in [2.05, 4.69) is 6.92 Å². The lowest BCUT2D eigenvalue weighted by Gasteiger charge is -1.98. The lowest BCUT2D eigenvalue weighted by molar-refractivity contribution is 0.291. The van der Waals surface area contributed by atoms with Crippen molar-refractivity contribution in [2.75, 3.05) is 0 Å². The summed E-state index contributed by atoms with van der Waals surface area (Å²) in [5, 5.41) is 8.70. The molecule has 49 valence electrons. The van der Waals surface area contributed by atoms with Crippen molar-refractivity contribution in [3.8, 4) is 0 Å². The molecule has 0 aliphatic rings. The summed E-state index contributed by atoms with van der Waals surface area (Å²) in [7, 11) is 0. The summed E-state index contributed by atoms with van der Waals surface area (Å²) in [6, 6.07) is 0. The zero-order chi connectivity index (χ0) is 6.41. The zero-order valence-corrected chi connectivity index (χ0v) is 5.78. The Morgan fingerprint density at radius 3 is 2.38 bits per heavy atom. The van der Waals surface area contributed by atoms with Crippen LogP contribution in [0.15, 0.2) is 0 Å². The van der Waals surface area contributed by atoms with Gasteiger partial charge >= 0.3 is 0 Å². The van der Waals surface area contributed by atoms with Crippen LogP contribution in [0.4, 0.5) is 0 Å². The van der Waals surface area contributed by atoms with E-state index >= 15 is 0 Å². The minimum atomic E-state index is 0.568. The molecule has 1 nitrogen and oxygen atoms in total. The molecule has 1 N–H and O–H groups in total. The molecule has 0 aromatic rings. The van der Waals surface area contributed by atoms with Gasteiger partial charge in [-0.25, -0.2) is 0 Å². The highest BCUT2D eigenvalue weighted by Crippen LogP contribution is 2.06. The van der Waals surface area contributed by atoms with Gasteiger partial charge in [0.2, 0.25) is 0 Å². The summed E-state index contributed by atoms with van der Waals surface area (Å²) in [5.74, 6) is 0. The molecule has 0 rings (SSSR count). The molecule has 0 atom stereocenters. The van der Waals surface area contributed by atoms with Crippen molar-refractivity contribution in [3.05, 3.63) is 6.10 Å². The largest absolute Gasteiger partial charge is 0.387 e. The first kappa shape index (κ1) is 7.96. The molecule has 0 saturated carbocycles. The second kappa shape index (κ2) is 5.10. The van der Waals surface area contributed by atoms with E-state index in [1.807, 2.05) is 0 Å². The molecule has 1 radical (unpaired) electrons. The number of aliphatic hydroxyl groups excluding tert-OH is 1. The third kappa shape index (κ3) is 5.96. The Labute approximate surface area is 51.7 Å². The topological polar surface area (TPSA) is 20.2 Å². The molecule has 0 bridgehead atoms. The van der Waals surface area contributed by atoms with Crippen LogP contribution in [-0.4, -0.2) is 5.11 Å². The van der Waals surface area contributed by atoms with E-state index in [-0.39, 0.29) is 0 Å². The van der Waals surface area contributed by atoms with Gasteiger partial charge in [0.05, 0.1) is 6.10 Å². The van der Waals surface area contributed by atoms with Gasteiger partial charge in [-0.2, -0.15) is 0 Å². The first-order chi connectivity index (χ1) is 3.77. The van der Waals surface area contributed by atoms with Gasteiger partial charge in [-0.15, -0.1) is 0 Å². The average molecular weight is 115 g/mol. The third-order valence-corrected chi connectivity index (χ3v) is 1.14. The van der Waals surface area contributed by atoms with E-state index in [1.54, 1.807) is 6.92 Å². The van der Waals surface area contributed by atoms with E-state index in [1.165, 1.54) is 12.8 Å². The summed E-state index contributed by atoms with van der Waals surface area (Å²) in [6.07, 6.45) is 5.05. The molecule has 0 heterocycles. The molecular weight excluding hydrogens is 100 g/mol. The highest BCUT2D eigenvalue weighted by atomic mass is 16.3. The number of rotatable bonds is 4. The van der Waals surface area contributed by atoms with Crippen LogP contribution in [0.25, 0.3) is 0 Å². The molecular formula is C7H15O. The average Bonchev–Trinajstić information content (AvgIpc) is 1.66. The summed E-state index contributed by atoms with van der Waals surface area (Å²) in [4.78, 5) is 0. The van der Waals surface area contributed by atoms with E-state index in [0.29, 0.717) is 6.10 Å². The van der Waals surface area contributed by atoms with Crippen molar-refractivity contribution in [2.24, 2.45) is 0 Å². The lowest BCUT2D eigenvalue weighted by Crippen LogP contribution is -1.87. The predicted molar refractivity (Wildman–Crippen MR) is 35.0 cm³/mol. The molecule has 0 spiro atoms. The molecule has 0 unspecified atom stereocenters. The Morgan fingerprint density at radius 1 is 1.38 bits per heavy atom. The third-order valence-electron chi connectivity index (χ3n) is 1.14. The fraction of sp³-hybridized carbons (Fsp3) is 0.857. The molecule has 0 amide bonds. The standard InChI is InChI=1S/C7H15O/c1-3-4-5-6-7(2)8/h8H,3-6H2,1-2H3. The molecule has 0 saturated heterocycles. The predicted octanol–water partition coefficient (Wildman–Crippen LogP) is 2.49. The molecule has 8 heavy (non-hydrogen) atoms. The van der Waals surface area contributed by atoms with Gasteiger partial charge < -0.3 is 5.11 Å². The van der Waals surface area contributed by atoms with Crippen LogP contribution in [0.3, 0.4) is 0 Å². The van der Waals surface area contributed by atoms with Crippen LogP contribution in [-0.2, 0) is 0 Å². The highest BCUT2D eigenvalue weighted by Gasteiger charge is 1.93. The maximum atomic E-state index is 8.70. The molecule has 0 aromatic heterocycles. The highest BCUT2D eigenvalue weighted by molar-refractivity contribution is 4.65. The molecule has 0 aliphatic heterocycles. The number of hydrogen-bond donors (Lipinski definition) is 1. The van der Waals surface area contributed by atoms with Crippen molar-refractivity contribution < 1.29 is 5.11 Å². The fourth-order valence-corrected chi connectivity index (χ4v) is 0.631. The minimum Gasteiger partial charge on any atom is -0.387 e. The number of aliphatic hydroxyl groups is 1. The van der Waals surface area contributed by atoms with Gasteiger partial charge in [0.1, 0.15) is 0 Å². The van der Waals surface area contributed by atoms with Crippen LogP contribution in [0.1, 0.15) is 39.5 Å². The van der Waals surface area contributed by atoms with E-state index < -0.39 is 0 Å². The second-order valence-electron chi connectivity index (χ2n) is 2.19. The zero-order valence-electron chi connectivity index (χ0n) is 5.78. The smallest absolute Gasteiger partial charge is 0.0902 e. The van der Waals surface area contributed by atoms with Crippen molar-refractivity contribution >= 4 is 0 Å². The molecule has 1 heteroatoms. The summed E-state index contributed by atoms with van der Waals surface area (Å²) < 4.78 is 0. The van der Waals surface area contributed by atoms with Gasteiger partial charge in [-0.1, -0.05) is 26.2 Å². The van der Waals surface area contributed by atoms with Crippen molar-refractivity contribution in [3.63, 3.8) is 0 Å². The minimum absolute atomic E-state index is 0.568. The second-order valence-corrected chi connectivity index (χ2v) is 2.19. The van der Waals surface area contributed by atoms with Crippen LogP contribution < -0.4 is 0 Å². The van der Waals surface area contributed by atoms with Gasteiger partial charge in [-0.3, -0.25) is 0 Å². The van der Waals surface area contributed by atoms with Crippen molar-refractivity contribution in [1.29, 1.82) is 0 Å². The fourth-order valence-electron chi connectivity index (χ4n) is 0.631. The van der Waals surface area contributed by atoms with Crippen LogP contribution >= 0.6 is 0 Å². The number of unbranched alkanes of at least 4 members (excludes halogenated alkanes) is 2. The Bertz CT molecular complexity index is 41.7. The van der Waals surface area contributed by atoms with Gasteiger partial charge in [0.25, 0.3) is 0 Å². The van der Waals surface area contributed by atoms with E-state index in [9.17, 15) is 0 Å². The molecule has 0 aliphatic carbocycles. The van der Waals surface area contributed by atoms with Crippen LogP contribution in [0.5, 0.6) is 0 Å². The normalized spacial score (nSPS) is 10.5. The first-order valence-electron chi connectivity index (χ1n) is 3.28. The first-order valence-corrected chi connectivity index (χ1v) is 3.28.